The summed E-state index contributed by atoms with van der Waals surface area (Å²) in [4.78, 5) is 43.1. The Morgan fingerprint density at radius 1 is 1.17 bits per heavy atom. The number of anilines is 1. The number of aliphatic hydroxyl groups excluding tert-OH is 2. The van der Waals surface area contributed by atoms with Crippen LogP contribution in [-0.2, 0) is 19.7 Å². The van der Waals surface area contributed by atoms with E-state index in [-0.39, 0.29) is 46.2 Å². The summed E-state index contributed by atoms with van der Waals surface area (Å²) in [5, 5.41) is 23.9. The molecule has 2 aromatic carbocycles. The van der Waals surface area contributed by atoms with Crippen LogP contribution >= 0.6 is 23.2 Å². The van der Waals surface area contributed by atoms with E-state index in [4.69, 9.17) is 27.9 Å². The van der Waals surface area contributed by atoms with Gasteiger partial charge >= 0.3 is 6.09 Å². The number of benzene rings is 2. The first-order valence-corrected chi connectivity index (χ1v) is 14.1. The number of amides is 3. The van der Waals surface area contributed by atoms with Crippen molar-refractivity contribution in [3.8, 4) is 0 Å². The molecule has 4 rings (SSSR count). The number of likely N-dealkylation sites (tertiary alicyclic amines) is 1. The Morgan fingerprint density at radius 2 is 1.83 bits per heavy atom. The standard InChI is InChI=1S/C29H33Cl2F2N3O6/c1-28(2,3)12-22-29(16-10-20(33)18(31)11-21(16)35-26(29)40)23(14-5-6-19(32)17(30)9-14)24(36(22)27(41)42-4)25(39)34-8-7-15(38)13-37/h5-6,9-11,15,22-24,37-38H,7-8,12-13H2,1-4H3,(H,34,39)(H,35,40)/t15-,22+,23-,24+,29-/m0/s1. The molecule has 2 heterocycles. The number of methoxy groups -OCH3 is 1. The number of hydrogen-bond donors (Lipinski definition) is 4. The Bertz CT molecular complexity index is 1400. The minimum Gasteiger partial charge on any atom is -0.453 e. The molecule has 1 spiro atoms. The van der Waals surface area contributed by atoms with Gasteiger partial charge in [0.15, 0.2) is 0 Å². The van der Waals surface area contributed by atoms with E-state index in [1.54, 1.807) is 0 Å². The molecule has 1 saturated heterocycles. The van der Waals surface area contributed by atoms with Gasteiger partial charge in [0.25, 0.3) is 0 Å². The average molecular weight is 628 g/mol. The average Bonchev–Trinajstić information content (AvgIpc) is 3.36. The summed E-state index contributed by atoms with van der Waals surface area (Å²) in [6.07, 6.45) is -1.84. The summed E-state index contributed by atoms with van der Waals surface area (Å²) in [6, 6.07) is 3.66. The van der Waals surface area contributed by atoms with Gasteiger partial charge in [-0.15, -0.1) is 0 Å². The van der Waals surface area contributed by atoms with E-state index in [0.717, 1.165) is 19.2 Å². The number of nitrogens with zero attached hydrogens (tertiary/aromatic N) is 1. The van der Waals surface area contributed by atoms with E-state index < -0.39 is 71.1 Å². The van der Waals surface area contributed by atoms with E-state index >= 15 is 4.39 Å². The number of carbonyl (C=O) groups is 3. The van der Waals surface area contributed by atoms with Crippen molar-refractivity contribution in [2.75, 3.05) is 25.6 Å². The van der Waals surface area contributed by atoms with Gasteiger partial charge in [-0.2, -0.15) is 0 Å². The van der Waals surface area contributed by atoms with Gasteiger partial charge in [-0.1, -0.05) is 50.0 Å². The van der Waals surface area contributed by atoms with Crippen LogP contribution in [0.4, 0.5) is 19.3 Å². The van der Waals surface area contributed by atoms with Crippen LogP contribution < -0.4 is 10.6 Å². The van der Waals surface area contributed by atoms with Crippen LogP contribution in [0.1, 0.15) is 50.7 Å². The second-order valence-corrected chi connectivity index (χ2v) is 12.6. The lowest BCUT2D eigenvalue weighted by atomic mass is 9.62. The van der Waals surface area contributed by atoms with Crippen molar-refractivity contribution >= 4 is 46.8 Å². The molecular formula is C29H33Cl2F2N3O6. The molecule has 3 amide bonds. The van der Waals surface area contributed by atoms with Gasteiger partial charge < -0.3 is 25.6 Å². The molecule has 0 aliphatic carbocycles. The molecule has 2 aromatic rings. The zero-order valence-electron chi connectivity index (χ0n) is 23.5. The number of fused-ring (bicyclic) bond motifs is 2. The monoisotopic (exact) mass is 627 g/mol. The highest BCUT2D eigenvalue weighted by atomic mass is 35.5. The van der Waals surface area contributed by atoms with E-state index in [2.05, 4.69) is 10.6 Å². The normalized spacial score (nSPS) is 24.0. The van der Waals surface area contributed by atoms with Gasteiger partial charge in [-0.3, -0.25) is 14.5 Å². The molecular weight excluding hydrogens is 595 g/mol. The predicted molar refractivity (Wildman–Crippen MR) is 152 cm³/mol. The molecule has 5 atom stereocenters. The van der Waals surface area contributed by atoms with Crippen LogP contribution in [0.5, 0.6) is 0 Å². The Hall–Kier alpha value is -2.99. The van der Waals surface area contributed by atoms with Crippen LogP contribution in [-0.4, -0.2) is 71.5 Å². The first-order chi connectivity index (χ1) is 19.7. The minimum atomic E-state index is -1.77. The Morgan fingerprint density at radius 3 is 2.43 bits per heavy atom. The lowest BCUT2D eigenvalue weighted by molar-refractivity contribution is -0.126. The molecule has 4 N–H and O–H groups in total. The van der Waals surface area contributed by atoms with Crippen molar-refractivity contribution in [2.24, 2.45) is 5.41 Å². The Kier molecular flexibility index (Phi) is 9.09. The van der Waals surface area contributed by atoms with E-state index in [0.29, 0.717) is 0 Å². The number of hydrogen-bond acceptors (Lipinski definition) is 6. The summed E-state index contributed by atoms with van der Waals surface area (Å²) in [7, 11) is 1.14. The van der Waals surface area contributed by atoms with Crippen LogP contribution in [0.25, 0.3) is 0 Å². The molecule has 0 saturated carbocycles. The zero-order valence-corrected chi connectivity index (χ0v) is 25.0. The molecule has 228 valence electrons. The van der Waals surface area contributed by atoms with Gasteiger partial charge in [-0.05, 0) is 53.6 Å². The van der Waals surface area contributed by atoms with Gasteiger partial charge in [0.1, 0.15) is 23.1 Å². The number of nitrogens with one attached hydrogen (secondary N) is 2. The third-order valence-corrected chi connectivity index (χ3v) is 8.43. The van der Waals surface area contributed by atoms with Gasteiger partial charge in [0.2, 0.25) is 11.8 Å². The zero-order chi connectivity index (χ0) is 31.1. The molecule has 2 aliphatic heterocycles. The van der Waals surface area contributed by atoms with E-state index in [1.807, 2.05) is 20.8 Å². The number of halogens is 4. The van der Waals surface area contributed by atoms with Crippen molar-refractivity contribution in [1.29, 1.82) is 0 Å². The van der Waals surface area contributed by atoms with Crippen LogP contribution in [0, 0.1) is 17.0 Å². The first kappa shape index (κ1) is 31.9. The van der Waals surface area contributed by atoms with E-state index in [1.165, 1.54) is 23.1 Å². The maximum Gasteiger partial charge on any atom is 0.410 e. The molecule has 0 aromatic heterocycles. The molecule has 9 nitrogen and oxygen atoms in total. The summed E-state index contributed by atoms with van der Waals surface area (Å²) in [5.41, 5.74) is -1.66. The number of ether oxygens (including phenoxy) is 1. The molecule has 0 radical (unpaired) electrons. The molecule has 42 heavy (non-hydrogen) atoms. The van der Waals surface area contributed by atoms with Crippen LogP contribution in [0.3, 0.4) is 0 Å². The summed E-state index contributed by atoms with van der Waals surface area (Å²) < 4.78 is 34.6. The highest BCUT2D eigenvalue weighted by Gasteiger charge is 2.70. The van der Waals surface area contributed by atoms with Crippen molar-refractivity contribution in [2.45, 2.75) is 63.1 Å². The minimum absolute atomic E-state index is 0.00379. The fourth-order valence-electron chi connectivity index (χ4n) is 6.18. The van der Waals surface area contributed by atoms with Gasteiger partial charge in [0.05, 0.1) is 35.9 Å². The topological polar surface area (TPSA) is 128 Å². The Labute approximate surface area is 252 Å². The maximum atomic E-state index is 15.1. The maximum absolute atomic E-state index is 15.1. The number of aliphatic hydroxyl groups is 2. The summed E-state index contributed by atoms with van der Waals surface area (Å²) in [5.74, 6) is -4.07. The van der Waals surface area contributed by atoms with Crippen molar-refractivity contribution < 1.29 is 38.1 Å². The van der Waals surface area contributed by atoms with Crippen LogP contribution in [0.15, 0.2) is 30.3 Å². The quantitative estimate of drug-likeness (QED) is 0.361. The van der Waals surface area contributed by atoms with Crippen LogP contribution in [0.2, 0.25) is 10.0 Å². The fraction of sp³-hybridized carbons (Fsp3) is 0.483. The predicted octanol–water partition coefficient (Wildman–Crippen LogP) is 4.36. The lowest BCUT2D eigenvalue weighted by Crippen LogP contribution is -2.53. The van der Waals surface area contributed by atoms with Crippen molar-refractivity contribution in [3.05, 3.63) is 63.1 Å². The largest absolute Gasteiger partial charge is 0.453 e. The van der Waals surface area contributed by atoms with Gasteiger partial charge in [0, 0.05) is 18.2 Å². The Balaban J connectivity index is 2.05. The SMILES string of the molecule is COC(=O)N1[C@@H](C(=O)NCC[C@H](O)CO)[C@H](c2ccc(F)c(Cl)c2)[C@@]2(C(=O)Nc3cc(Cl)c(F)cc32)[C@H]1CC(C)(C)C. The number of carbonyl (C=O) groups excluding carboxylic acids is 3. The second-order valence-electron chi connectivity index (χ2n) is 11.8. The summed E-state index contributed by atoms with van der Waals surface area (Å²) >= 11 is 12.3. The lowest BCUT2D eigenvalue weighted by Gasteiger charge is -2.39. The van der Waals surface area contributed by atoms with E-state index in [9.17, 15) is 29.0 Å². The molecule has 0 unspecified atom stereocenters. The smallest absolute Gasteiger partial charge is 0.410 e. The highest BCUT2D eigenvalue weighted by molar-refractivity contribution is 6.31. The molecule has 0 bridgehead atoms. The third kappa shape index (κ3) is 5.55. The first-order valence-electron chi connectivity index (χ1n) is 13.4. The fourth-order valence-corrected chi connectivity index (χ4v) is 6.54. The molecule has 1 fully saturated rings. The summed E-state index contributed by atoms with van der Waals surface area (Å²) in [6.45, 7) is 5.07. The molecule has 13 heteroatoms. The second kappa shape index (κ2) is 11.9. The van der Waals surface area contributed by atoms with Crippen molar-refractivity contribution in [1.82, 2.24) is 10.2 Å². The van der Waals surface area contributed by atoms with Gasteiger partial charge in [-0.25, -0.2) is 13.6 Å². The van der Waals surface area contributed by atoms with Crippen molar-refractivity contribution in [3.63, 3.8) is 0 Å². The third-order valence-electron chi connectivity index (χ3n) is 7.85. The number of rotatable bonds is 7. The highest BCUT2D eigenvalue weighted by Crippen LogP contribution is 2.60. The molecule has 2 aliphatic rings.